The molecule has 1 unspecified atom stereocenters. The van der Waals surface area contributed by atoms with Crippen LogP contribution < -0.4 is 4.90 Å². The summed E-state index contributed by atoms with van der Waals surface area (Å²) in [4.78, 5) is 13.2. The quantitative estimate of drug-likeness (QED) is 0.716. The lowest BCUT2D eigenvalue weighted by Gasteiger charge is -2.18. The van der Waals surface area contributed by atoms with Crippen molar-refractivity contribution in [2.24, 2.45) is 5.92 Å². The average Bonchev–Trinajstić information content (AvgIpc) is 2.78. The Kier molecular flexibility index (Phi) is 3.08. The van der Waals surface area contributed by atoms with Gasteiger partial charge in [0.1, 0.15) is 5.82 Å². The van der Waals surface area contributed by atoms with Gasteiger partial charge in [0.2, 0.25) is 0 Å². The van der Waals surface area contributed by atoms with Gasteiger partial charge < -0.3 is 9.64 Å². The van der Waals surface area contributed by atoms with Gasteiger partial charge in [-0.1, -0.05) is 12.1 Å². The number of para-hydroxylation sites is 1. The first-order chi connectivity index (χ1) is 7.72. The molecule has 4 heteroatoms. The molecule has 0 spiro atoms. The van der Waals surface area contributed by atoms with Crippen molar-refractivity contribution < 1.29 is 13.9 Å². The van der Waals surface area contributed by atoms with Crippen molar-refractivity contribution in [2.45, 2.75) is 6.42 Å². The zero-order chi connectivity index (χ0) is 11.5. The Labute approximate surface area is 93.8 Å². The van der Waals surface area contributed by atoms with Crippen LogP contribution in [-0.4, -0.2) is 26.2 Å². The highest BCUT2D eigenvalue weighted by molar-refractivity contribution is 5.74. The summed E-state index contributed by atoms with van der Waals surface area (Å²) in [6, 6.07) is 6.62. The summed E-state index contributed by atoms with van der Waals surface area (Å²) in [5.41, 5.74) is 0.564. The van der Waals surface area contributed by atoms with Crippen molar-refractivity contribution in [2.75, 3.05) is 25.1 Å². The first-order valence-corrected chi connectivity index (χ1v) is 5.29. The lowest BCUT2D eigenvalue weighted by Crippen LogP contribution is -2.24. The van der Waals surface area contributed by atoms with Crippen LogP contribution in [-0.2, 0) is 9.53 Å². The average molecular weight is 223 g/mol. The number of nitrogens with zero attached hydrogens (tertiary/aromatic N) is 1. The fourth-order valence-corrected chi connectivity index (χ4v) is 2.05. The van der Waals surface area contributed by atoms with E-state index in [0.29, 0.717) is 18.8 Å². The number of benzene rings is 1. The van der Waals surface area contributed by atoms with E-state index >= 15 is 0 Å². The van der Waals surface area contributed by atoms with E-state index in [4.69, 9.17) is 0 Å². The Balaban J connectivity index is 2.09. The van der Waals surface area contributed by atoms with E-state index in [0.717, 1.165) is 6.42 Å². The van der Waals surface area contributed by atoms with E-state index < -0.39 is 0 Å². The summed E-state index contributed by atoms with van der Waals surface area (Å²) in [7, 11) is 1.38. The molecule has 0 amide bonds. The Morgan fingerprint density at radius 2 is 2.25 bits per heavy atom. The van der Waals surface area contributed by atoms with Crippen LogP contribution in [0.2, 0.25) is 0 Å². The van der Waals surface area contributed by atoms with Crippen molar-refractivity contribution in [1.29, 1.82) is 0 Å². The zero-order valence-electron chi connectivity index (χ0n) is 9.15. The highest BCUT2D eigenvalue weighted by Crippen LogP contribution is 2.26. The smallest absolute Gasteiger partial charge is 0.310 e. The van der Waals surface area contributed by atoms with E-state index in [1.807, 2.05) is 4.90 Å². The highest BCUT2D eigenvalue weighted by Gasteiger charge is 2.29. The summed E-state index contributed by atoms with van der Waals surface area (Å²) in [5, 5.41) is 0. The highest BCUT2D eigenvalue weighted by atomic mass is 19.1. The summed E-state index contributed by atoms with van der Waals surface area (Å²) in [6.07, 6.45) is 0.723. The maximum absolute atomic E-state index is 13.5. The van der Waals surface area contributed by atoms with Gasteiger partial charge in [-0.15, -0.1) is 0 Å². The fraction of sp³-hybridized carbons (Fsp3) is 0.417. The molecule has 1 aromatic carbocycles. The normalized spacial score (nSPS) is 19.9. The molecule has 1 aliphatic heterocycles. The Morgan fingerprint density at radius 1 is 1.50 bits per heavy atom. The molecule has 1 heterocycles. The Morgan fingerprint density at radius 3 is 2.94 bits per heavy atom. The number of carbonyl (C=O) groups excluding carboxylic acids is 1. The third kappa shape index (κ3) is 2.01. The van der Waals surface area contributed by atoms with Crippen LogP contribution in [0.4, 0.5) is 10.1 Å². The maximum atomic E-state index is 13.5. The van der Waals surface area contributed by atoms with Gasteiger partial charge in [0.05, 0.1) is 18.7 Å². The molecule has 16 heavy (non-hydrogen) atoms. The van der Waals surface area contributed by atoms with E-state index in [9.17, 15) is 9.18 Å². The van der Waals surface area contributed by atoms with Gasteiger partial charge in [-0.05, 0) is 18.6 Å². The number of hydrogen-bond acceptors (Lipinski definition) is 3. The van der Waals surface area contributed by atoms with Gasteiger partial charge in [0.15, 0.2) is 0 Å². The fourth-order valence-electron chi connectivity index (χ4n) is 2.05. The van der Waals surface area contributed by atoms with Crippen molar-refractivity contribution >= 4 is 11.7 Å². The number of ether oxygens (including phenoxy) is 1. The first-order valence-electron chi connectivity index (χ1n) is 5.29. The van der Waals surface area contributed by atoms with Gasteiger partial charge >= 0.3 is 5.97 Å². The number of esters is 1. The second kappa shape index (κ2) is 4.51. The third-order valence-electron chi connectivity index (χ3n) is 2.92. The van der Waals surface area contributed by atoms with Crippen molar-refractivity contribution in [3.63, 3.8) is 0 Å². The summed E-state index contributed by atoms with van der Waals surface area (Å²) < 4.78 is 18.2. The number of anilines is 1. The van der Waals surface area contributed by atoms with Crippen LogP contribution in [0.5, 0.6) is 0 Å². The molecule has 0 saturated carbocycles. The number of rotatable bonds is 2. The van der Waals surface area contributed by atoms with Crippen molar-refractivity contribution in [3.05, 3.63) is 30.1 Å². The van der Waals surface area contributed by atoms with E-state index in [1.54, 1.807) is 18.2 Å². The summed E-state index contributed by atoms with van der Waals surface area (Å²) in [5.74, 6) is -0.587. The Bertz CT molecular complexity index is 394. The molecule has 1 aliphatic rings. The van der Waals surface area contributed by atoms with Gasteiger partial charge in [-0.2, -0.15) is 0 Å². The molecule has 1 atom stereocenters. The molecule has 2 rings (SSSR count). The van der Waals surface area contributed by atoms with Crippen LogP contribution in [0.15, 0.2) is 24.3 Å². The Hall–Kier alpha value is -1.58. The lowest BCUT2D eigenvalue weighted by atomic mass is 10.1. The molecule has 0 bridgehead atoms. The lowest BCUT2D eigenvalue weighted by molar-refractivity contribution is -0.144. The molecule has 1 saturated heterocycles. The molecule has 0 radical (unpaired) electrons. The topological polar surface area (TPSA) is 29.5 Å². The van der Waals surface area contributed by atoms with E-state index in [-0.39, 0.29) is 17.7 Å². The standard InChI is InChI=1S/C12H14FNO2/c1-16-12(15)9-6-7-14(8-9)11-5-3-2-4-10(11)13/h2-5,9H,6-8H2,1H3. The monoisotopic (exact) mass is 223 g/mol. The summed E-state index contributed by atoms with van der Waals surface area (Å²) >= 11 is 0. The van der Waals surface area contributed by atoms with Gasteiger partial charge in [0.25, 0.3) is 0 Å². The van der Waals surface area contributed by atoms with Gasteiger partial charge in [-0.25, -0.2) is 4.39 Å². The summed E-state index contributed by atoms with van der Waals surface area (Å²) in [6.45, 7) is 1.23. The third-order valence-corrected chi connectivity index (χ3v) is 2.92. The molecular formula is C12H14FNO2. The van der Waals surface area contributed by atoms with Gasteiger partial charge in [0, 0.05) is 13.1 Å². The molecule has 1 aromatic rings. The SMILES string of the molecule is COC(=O)C1CCN(c2ccccc2F)C1. The van der Waals surface area contributed by atoms with Crippen LogP contribution >= 0.6 is 0 Å². The number of methoxy groups -OCH3 is 1. The molecular weight excluding hydrogens is 209 g/mol. The number of hydrogen-bond donors (Lipinski definition) is 0. The van der Waals surface area contributed by atoms with Crippen LogP contribution in [0.1, 0.15) is 6.42 Å². The number of halogens is 1. The first kappa shape index (κ1) is 10.9. The zero-order valence-corrected chi connectivity index (χ0v) is 9.15. The molecule has 1 fully saturated rings. The maximum Gasteiger partial charge on any atom is 0.310 e. The molecule has 0 aliphatic carbocycles. The second-order valence-corrected chi connectivity index (χ2v) is 3.91. The van der Waals surface area contributed by atoms with E-state index in [1.165, 1.54) is 13.2 Å². The molecule has 0 aromatic heterocycles. The molecule has 86 valence electrons. The van der Waals surface area contributed by atoms with Crippen LogP contribution in [0.25, 0.3) is 0 Å². The predicted octanol–water partition coefficient (Wildman–Crippen LogP) is 1.82. The largest absolute Gasteiger partial charge is 0.469 e. The van der Waals surface area contributed by atoms with Gasteiger partial charge in [-0.3, -0.25) is 4.79 Å². The minimum Gasteiger partial charge on any atom is -0.469 e. The van der Waals surface area contributed by atoms with Crippen molar-refractivity contribution in [1.82, 2.24) is 0 Å². The minimum absolute atomic E-state index is 0.135. The number of carbonyl (C=O) groups is 1. The molecule has 3 nitrogen and oxygen atoms in total. The molecule has 0 N–H and O–H groups in total. The van der Waals surface area contributed by atoms with E-state index in [2.05, 4.69) is 4.74 Å². The van der Waals surface area contributed by atoms with Crippen molar-refractivity contribution in [3.8, 4) is 0 Å². The van der Waals surface area contributed by atoms with Crippen LogP contribution in [0.3, 0.4) is 0 Å². The second-order valence-electron chi connectivity index (χ2n) is 3.91. The van der Waals surface area contributed by atoms with Crippen LogP contribution in [0, 0.1) is 11.7 Å². The predicted molar refractivity (Wildman–Crippen MR) is 58.7 cm³/mol. The minimum atomic E-state index is -0.243.